The van der Waals surface area contributed by atoms with Gasteiger partial charge in [-0.1, -0.05) is 5.92 Å². The molecule has 1 amide bonds. The molecule has 1 aromatic rings. The second-order valence-electron chi connectivity index (χ2n) is 2.89. The fourth-order valence-electron chi connectivity index (χ4n) is 0.950. The fraction of sp³-hybridized carbons (Fsp3) is 0.333. The minimum atomic E-state index is -0.0916. The Balaban J connectivity index is 2.53. The quantitative estimate of drug-likeness (QED) is 0.660. The molecule has 0 aliphatic heterocycles. The number of rotatable bonds is 3. The molecule has 0 saturated carbocycles. The van der Waals surface area contributed by atoms with Gasteiger partial charge in [0.25, 0.3) is 0 Å². The summed E-state index contributed by atoms with van der Waals surface area (Å²) in [5, 5.41) is 3.89. The Morgan fingerprint density at radius 1 is 1.86 bits per heavy atom. The molecule has 14 heavy (non-hydrogen) atoms. The summed E-state index contributed by atoms with van der Waals surface area (Å²) in [7, 11) is 1.65. The number of carbonyl (C=O) groups is 1. The highest BCUT2D eigenvalue weighted by Gasteiger charge is 2.08. The maximum absolute atomic E-state index is 11.4. The van der Waals surface area contributed by atoms with Gasteiger partial charge in [0.2, 0.25) is 5.91 Å². The van der Waals surface area contributed by atoms with Gasteiger partial charge < -0.3 is 10.6 Å². The molecule has 1 aromatic heterocycles. The van der Waals surface area contributed by atoms with E-state index >= 15 is 0 Å². The second-order valence-corrected chi connectivity index (χ2v) is 2.89. The van der Waals surface area contributed by atoms with Crippen molar-refractivity contribution in [1.29, 1.82) is 0 Å². The molecule has 1 heterocycles. The van der Waals surface area contributed by atoms with Crippen molar-refractivity contribution >= 4 is 11.7 Å². The predicted molar refractivity (Wildman–Crippen MR) is 53.1 cm³/mol. The zero-order valence-electron chi connectivity index (χ0n) is 7.97. The van der Waals surface area contributed by atoms with Gasteiger partial charge in [0.05, 0.1) is 6.54 Å². The van der Waals surface area contributed by atoms with Crippen molar-refractivity contribution in [2.24, 2.45) is 0 Å². The Hall–Kier alpha value is -1.96. The molecule has 5 heteroatoms. The molecule has 0 saturated heterocycles. The number of hydrogen-bond donors (Lipinski definition) is 1. The summed E-state index contributed by atoms with van der Waals surface area (Å²) >= 11 is 0. The third-order valence-corrected chi connectivity index (χ3v) is 1.71. The van der Waals surface area contributed by atoms with Crippen molar-refractivity contribution in [3.05, 3.63) is 12.3 Å². The number of terminal acetylenes is 1. The summed E-state index contributed by atoms with van der Waals surface area (Å²) in [5.74, 6) is 2.70. The standard InChI is InChI=1S/C9H12N4O/c1-3-5-12(2)9(14)7-13-6-4-8(10)11-13/h1,4,6H,5,7H2,2H3,(H2,10,11). The highest BCUT2D eigenvalue weighted by atomic mass is 16.2. The van der Waals surface area contributed by atoms with Crippen LogP contribution in [0.25, 0.3) is 0 Å². The van der Waals surface area contributed by atoms with Crippen LogP contribution in [-0.4, -0.2) is 34.2 Å². The zero-order chi connectivity index (χ0) is 10.6. The number of nitrogen functional groups attached to an aromatic ring is 1. The number of carbonyl (C=O) groups excluding carboxylic acids is 1. The molecular weight excluding hydrogens is 180 g/mol. The molecule has 74 valence electrons. The SMILES string of the molecule is C#CCN(C)C(=O)Cn1ccc(N)n1. The molecular formula is C9H12N4O. The molecule has 2 N–H and O–H groups in total. The van der Waals surface area contributed by atoms with Crippen LogP contribution in [-0.2, 0) is 11.3 Å². The second kappa shape index (κ2) is 4.33. The summed E-state index contributed by atoms with van der Waals surface area (Å²) in [6, 6.07) is 1.63. The van der Waals surface area contributed by atoms with Crippen molar-refractivity contribution in [2.75, 3.05) is 19.3 Å². The van der Waals surface area contributed by atoms with Crippen LogP contribution in [0.2, 0.25) is 0 Å². The van der Waals surface area contributed by atoms with Gasteiger partial charge in [0, 0.05) is 13.2 Å². The number of anilines is 1. The molecule has 0 aliphatic carbocycles. The van der Waals surface area contributed by atoms with Crippen LogP contribution in [0.15, 0.2) is 12.3 Å². The largest absolute Gasteiger partial charge is 0.382 e. The van der Waals surface area contributed by atoms with Crippen LogP contribution >= 0.6 is 0 Å². The van der Waals surface area contributed by atoms with Gasteiger partial charge in [0.1, 0.15) is 12.4 Å². The Kier molecular flexibility index (Phi) is 3.13. The van der Waals surface area contributed by atoms with Gasteiger partial charge >= 0.3 is 0 Å². The third-order valence-electron chi connectivity index (χ3n) is 1.71. The number of hydrogen-bond acceptors (Lipinski definition) is 3. The Labute approximate surface area is 82.5 Å². The summed E-state index contributed by atoms with van der Waals surface area (Å²) < 4.78 is 1.48. The van der Waals surface area contributed by atoms with E-state index in [2.05, 4.69) is 11.0 Å². The molecule has 5 nitrogen and oxygen atoms in total. The number of nitrogens with two attached hydrogens (primary N) is 1. The molecule has 0 atom stereocenters. The molecule has 0 spiro atoms. The maximum Gasteiger partial charge on any atom is 0.244 e. The average molecular weight is 192 g/mol. The summed E-state index contributed by atoms with van der Waals surface area (Å²) in [6.07, 6.45) is 6.73. The van der Waals surface area contributed by atoms with Crippen LogP contribution in [0.5, 0.6) is 0 Å². The van der Waals surface area contributed by atoms with Crippen LogP contribution in [0.1, 0.15) is 0 Å². The van der Waals surface area contributed by atoms with E-state index in [0.29, 0.717) is 12.4 Å². The van der Waals surface area contributed by atoms with Crippen molar-refractivity contribution in [3.63, 3.8) is 0 Å². The molecule has 0 radical (unpaired) electrons. The van der Waals surface area contributed by atoms with Gasteiger partial charge in [-0.05, 0) is 6.07 Å². The predicted octanol–water partition coefficient (Wildman–Crippen LogP) is -0.443. The lowest BCUT2D eigenvalue weighted by Crippen LogP contribution is -2.30. The van der Waals surface area contributed by atoms with E-state index in [1.165, 1.54) is 9.58 Å². The average Bonchev–Trinajstić information content (AvgIpc) is 2.51. The van der Waals surface area contributed by atoms with Crippen LogP contribution in [0.4, 0.5) is 5.82 Å². The number of amides is 1. The minimum Gasteiger partial charge on any atom is -0.382 e. The first-order valence-corrected chi connectivity index (χ1v) is 4.10. The topological polar surface area (TPSA) is 64.2 Å². The first-order valence-electron chi connectivity index (χ1n) is 4.10. The highest BCUT2D eigenvalue weighted by Crippen LogP contribution is 1.96. The highest BCUT2D eigenvalue weighted by molar-refractivity contribution is 5.75. The van der Waals surface area contributed by atoms with Gasteiger partial charge in [0.15, 0.2) is 0 Å². The molecule has 0 aromatic carbocycles. The lowest BCUT2D eigenvalue weighted by molar-refractivity contribution is -0.130. The first-order chi connectivity index (χ1) is 6.63. The number of nitrogens with zero attached hydrogens (tertiary/aromatic N) is 3. The van der Waals surface area contributed by atoms with Crippen molar-refractivity contribution in [1.82, 2.24) is 14.7 Å². The van der Waals surface area contributed by atoms with Gasteiger partial charge in [-0.15, -0.1) is 6.42 Å². The Bertz CT molecular complexity index is 363. The van der Waals surface area contributed by atoms with Crippen molar-refractivity contribution in [3.8, 4) is 12.3 Å². The monoisotopic (exact) mass is 192 g/mol. The van der Waals surface area contributed by atoms with E-state index in [0.717, 1.165) is 0 Å². The van der Waals surface area contributed by atoms with Crippen LogP contribution in [0.3, 0.4) is 0 Å². The van der Waals surface area contributed by atoms with E-state index in [1.54, 1.807) is 19.3 Å². The van der Waals surface area contributed by atoms with Crippen molar-refractivity contribution in [2.45, 2.75) is 6.54 Å². The Morgan fingerprint density at radius 3 is 3.07 bits per heavy atom. The Morgan fingerprint density at radius 2 is 2.57 bits per heavy atom. The van der Waals surface area contributed by atoms with Crippen LogP contribution < -0.4 is 5.73 Å². The summed E-state index contributed by atoms with van der Waals surface area (Å²) in [4.78, 5) is 12.9. The van der Waals surface area contributed by atoms with Gasteiger partial charge in [-0.25, -0.2) is 0 Å². The lowest BCUT2D eigenvalue weighted by Gasteiger charge is -2.13. The zero-order valence-corrected chi connectivity index (χ0v) is 7.97. The van der Waals surface area contributed by atoms with E-state index in [4.69, 9.17) is 12.2 Å². The van der Waals surface area contributed by atoms with E-state index in [-0.39, 0.29) is 12.5 Å². The lowest BCUT2D eigenvalue weighted by atomic mass is 10.5. The van der Waals surface area contributed by atoms with E-state index in [9.17, 15) is 4.79 Å². The van der Waals surface area contributed by atoms with Crippen molar-refractivity contribution < 1.29 is 4.79 Å². The molecule has 0 aliphatic rings. The number of aromatic nitrogens is 2. The maximum atomic E-state index is 11.4. The van der Waals surface area contributed by atoms with Crippen LogP contribution in [0, 0.1) is 12.3 Å². The normalized spacial score (nSPS) is 9.43. The van der Waals surface area contributed by atoms with E-state index < -0.39 is 0 Å². The van der Waals surface area contributed by atoms with E-state index in [1.807, 2.05) is 0 Å². The first kappa shape index (κ1) is 10.1. The molecule has 1 rings (SSSR count). The fourth-order valence-corrected chi connectivity index (χ4v) is 0.950. The smallest absolute Gasteiger partial charge is 0.244 e. The molecule has 0 unspecified atom stereocenters. The minimum absolute atomic E-state index is 0.0916. The van der Waals surface area contributed by atoms with Gasteiger partial charge in [-0.2, -0.15) is 5.10 Å². The molecule has 0 bridgehead atoms. The summed E-state index contributed by atoms with van der Waals surface area (Å²) in [6.45, 7) is 0.463. The summed E-state index contributed by atoms with van der Waals surface area (Å²) in [5.41, 5.74) is 5.40. The number of likely N-dealkylation sites (N-methyl/N-ethyl adjacent to an activating group) is 1. The molecule has 0 fully saturated rings. The van der Waals surface area contributed by atoms with Gasteiger partial charge in [-0.3, -0.25) is 9.48 Å². The third kappa shape index (κ3) is 2.52.